The first kappa shape index (κ1) is 23.0. The number of aliphatic hydroxyl groups excluding tert-OH is 1. The molecule has 0 radical (unpaired) electrons. The van der Waals surface area contributed by atoms with Crippen LogP contribution in [0.5, 0.6) is 0 Å². The average Bonchev–Trinajstić information content (AvgIpc) is 2.69. The molecule has 3 nitrogen and oxygen atoms in total. The lowest BCUT2D eigenvalue weighted by Crippen LogP contribution is -2.81. The summed E-state index contributed by atoms with van der Waals surface area (Å²) in [4.78, 5) is 14.1. The molecule has 1 aliphatic heterocycles. The number of rotatable bonds is 0. The Morgan fingerprint density at radius 3 is 2.15 bits per heavy atom. The summed E-state index contributed by atoms with van der Waals surface area (Å²) in [5, 5.41) is 10.9. The van der Waals surface area contributed by atoms with Crippen molar-refractivity contribution in [3.63, 3.8) is 0 Å². The van der Waals surface area contributed by atoms with Gasteiger partial charge in [0.15, 0.2) is 0 Å². The number of ether oxygens (including phenoxy) is 1. The van der Waals surface area contributed by atoms with Crippen molar-refractivity contribution in [2.24, 2.45) is 50.2 Å². The van der Waals surface area contributed by atoms with Crippen molar-refractivity contribution in [1.82, 2.24) is 0 Å². The standard InChI is InChI=1S/C30H48O3/c1-24(2)14-15-29-18-33-30(29,17-24)21-9-8-20-26(5)12-11-22(31)25(3,4)19(26)10-13-27(20,6)28(21,7)16-23(29)32/h19-22,31H,8-18H2,1-7H3/t19-,20+,21-,22-,26-,27+,28+,29-,30+/m0/s1. The molecule has 6 rings (SSSR count). The van der Waals surface area contributed by atoms with E-state index in [-0.39, 0.29) is 44.2 Å². The van der Waals surface area contributed by atoms with Gasteiger partial charge in [-0.05, 0) is 103 Å². The Balaban J connectivity index is 1.44. The van der Waals surface area contributed by atoms with Crippen molar-refractivity contribution in [1.29, 1.82) is 0 Å². The lowest BCUT2D eigenvalue weighted by molar-refractivity contribution is -0.361. The zero-order chi connectivity index (χ0) is 23.9. The molecule has 0 spiro atoms. The van der Waals surface area contributed by atoms with E-state index in [0.29, 0.717) is 30.1 Å². The van der Waals surface area contributed by atoms with Crippen molar-refractivity contribution in [2.45, 2.75) is 124 Å². The molecule has 0 aromatic heterocycles. The van der Waals surface area contributed by atoms with Crippen LogP contribution in [0.15, 0.2) is 0 Å². The Morgan fingerprint density at radius 1 is 0.788 bits per heavy atom. The zero-order valence-corrected chi connectivity index (χ0v) is 22.4. The van der Waals surface area contributed by atoms with Gasteiger partial charge in [0.1, 0.15) is 5.78 Å². The molecule has 1 heterocycles. The van der Waals surface area contributed by atoms with Crippen LogP contribution in [0.4, 0.5) is 0 Å². The maximum absolute atomic E-state index is 14.1. The average molecular weight is 457 g/mol. The van der Waals surface area contributed by atoms with E-state index in [2.05, 4.69) is 48.5 Å². The van der Waals surface area contributed by atoms with Gasteiger partial charge in [-0.3, -0.25) is 4.79 Å². The topological polar surface area (TPSA) is 46.5 Å². The van der Waals surface area contributed by atoms with Crippen LogP contribution in [0.3, 0.4) is 0 Å². The molecule has 186 valence electrons. The minimum Gasteiger partial charge on any atom is -0.393 e. The quantitative estimate of drug-likeness (QED) is 0.449. The third kappa shape index (κ3) is 2.39. The molecule has 5 saturated carbocycles. The molecule has 0 aromatic carbocycles. The van der Waals surface area contributed by atoms with Crippen LogP contribution in [0, 0.1) is 50.2 Å². The predicted molar refractivity (Wildman–Crippen MR) is 131 cm³/mol. The number of hydrogen-bond donors (Lipinski definition) is 1. The van der Waals surface area contributed by atoms with Crippen molar-refractivity contribution in [3.8, 4) is 0 Å². The number of carbonyl (C=O) groups excluding carboxylic acids is 1. The van der Waals surface area contributed by atoms with Gasteiger partial charge in [-0.2, -0.15) is 0 Å². The molecule has 0 amide bonds. The first-order valence-corrected chi connectivity index (χ1v) is 14.0. The Bertz CT molecular complexity index is 891. The molecule has 3 heteroatoms. The van der Waals surface area contributed by atoms with Gasteiger partial charge in [-0.1, -0.05) is 48.5 Å². The van der Waals surface area contributed by atoms with E-state index >= 15 is 0 Å². The molecular formula is C30H48O3. The normalized spacial score (nSPS) is 58.6. The van der Waals surface area contributed by atoms with Gasteiger partial charge >= 0.3 is 0 Å². The van der Waals surface area contributed by atoms with Crippen molar-refractivity contribution in [2.75, 3.05) is 6.61 Å². The second-order valence-corrected chi connectivity index (χ2v) is 15.7. The van der Waals surface area contributed by atoms with E-state index in [4.69, 9.17) is 4.74 Å². The van der Waals surface area contributed by atoms with E-state index in [1.807, 2.05) is 0 Å². The first-order chi connectivity index (χ1) is 15.2. The summed E-state index contributed by atoms with van der Waals surface area (Å²) < 4.78 is 6.71. The Hall–Kier alpha value is -0.410. The van der Waals surface area contributed by atoms with Crippen molar-refractivity contribution >= 4 is 5.78 Å². The smallest absolute Gasteiger partial charge is 0.144 e. The van der Waals surface area contributed by atoms with Crippen LogP contribution >= 0.6 is 0 Å². The third-order valence-electron chi connectivity index (χ3n) is 13.8. The predicted octanol–water partition coefficient (Wildman–Crippen LogP) is 6.56. The Morgan fingerprint density at radius 2 is 1.48 bits per heavy atom. The fourth-order valence-corrected chi connectivity index (χ4v) is 11.8. The van der Waals surface area contributed by atoms with Gasteiger partial charge in [-0.15, -0.1) is 0 Å². The number of carbonyl (C=O) groups is 1. The van der Waals surface area contributed by atoms with E-state index < -0.39 is 0 Å². The molecule has 0 unspecified atom stereocenters. The van der Waals surface area contributed by atoms with Crippen LogP contribution in [-0.2, 0) is 9.53 Å². The highest BCUT2D eigenvalue weighted by molar-refractivity contribution is 5.90. The molecule has 33 heavy (non-hydrogen) atoms. The van der Waals surface area contributed by atoms with Crippen molar-refractivity contribution < 1.29 is 14.6 Å². The molecule has 1 saturated heterocycles. The lowest BCUT2D eigenvalue weighted by Gasteiger charge is -2.78. The number of aliphatic hydroxyl groups is 1. The van der Waals surface area contributed by atoms with Crippen LogP contribution in [0.2, 0.25) is 0 Å². The van der Waals surface area contributed by atoms with Gasteiger partial charge < -0.3 is 9.84 Å². The SMILES string of the molecule is CC1(C)CC[C@@]23CO[C@]2(C1)[C@H]1CC[C@@H]2[C@@]4(C)CC[C@H](O)C(C)(C)[C@@H]4CC[C@@]2(C)[C@]1(C)CC3=O. The van der Waals surface area contributed by atoms with E-state index in [1.165, 1.54) is 25.7 Å². The second-order valence-electron chi connectivity index (χ2n) is 15.7. The minimum absolute atomic E-state index is 0.0124. The minimum atomic E-state index is -0.216. The third-order valence-corrected chi connectivity index (χ3v) is 13.8. The highest BCUT2D eigenvalue weighted by Gasteiger charge is 2.80. The van der Waals surface area contributed by atoms with Gasteiger partial charge in [0, 0.05) is 6.42 Å². The van der Waals surface area contributed by atoms with Crippen molar-refractivity contribution in [3.05, 3.63) is 0 Å². The van der Waals surface area contributed by atoms with Crippen LogP contribution in [-0.4, -0.2) is 29.2 Å². The number of hydrogen-bond acceptors (Lipinski definition) is 3. The van der Waals surface area contributed by atoms with Crippen LogP contribution in [0.1, 0.15) is 113 Å². The summed E-state index contributed by atoms with van der Waals surface area (Å²) >= 11 is 0. The maximum atomic E-state index is 14.1. The summed E-state index contributed by atoms with van der Waals surface area (Å²) in [6.07, 6.45) is 10.8. The maximum Gasteiger partial charge on any atom is 0.144 e. The van der Waals surface area contributed by atoms with Crippen LogP contribution < -0.4 is 0 Å². The van der Waals surface area contributed by atoms with Crippen LogP contribution in [0.25, 0.3) is 0 Å². The largest absolute Gasteiger partial charge is 0.393 e. The van der Waals surface area contributed by atoms with Gasteiger partial charge in [0.25, 0.3) is 0 Å². The molecule has 6 aliphatic rings. The highest BCUT2D eigenvalue weighted by Crippen LogP contribution is 2.79. The molecule has 0 aromatic rings. The molecular weight excluding hydrogens is 408 g/mol. The summed E-state index contributed by atoms with van der Waals surface area (Å²) in [5.74, 6) is 2.23. The number of ketones is 1. The number of Topliss-reactive ketones (excluding diaryl/α,β-unsaturated/α-hetero) is 1. The Kier molecular flexibility index (Phi) is 4.38. The molecule has 9 atom stereocenters. The van der Waals surface area contributed by atoms with Gasteiger partial charge in [-0.25, -0.2) is 0 Å². The fraction of sp³-hybridized carbons (Fsp3) is 0.967. The zero-order valence-electron chi connectivity index (χ0n) is 22.4. The summed E-state index contributed by atoms with van der Waals surface area (Å²) in [6.45, 7) is 17.8. The molecule has 0 bridgehead atoms. The van der Waals surface area contributed by atoms with Gasteiger partial charge in [0.05, 0.1) is 23.7 Å². The first-order valence-electron chi connectivity index (χ1n) is 14.0. The lowest BCUT2D eigenvalue weighted by atomic mass is 9.29. The second kappa shape index (κ2) is 6.28. The molecule has 5 aliphatic carbocycles. The number of fused-ring (bicyclic) bond motifs is 5. The monoisotopic (exact) mass is 456 g/mol. The molecule has 6 fully saturated rings. The van der Waals surface area contributed by atoms with E-state index in [9.17, 15) is 9.90 Å². The summed E-state index contributed by atoms with van der Waals surface area (Å²) in [5.41, 5.74) is 0.265. The van der Waals surface area contributed by atoms with Gasteiger partial charge in [0.2, 0.25) is 0 Å². The van der Waals surface area contributed by atoms with E-state index in [0.717, 1.165) is 38.5 Å². The fourth-order valence-electron chi connectivity index (χ4n) is 11.8. The molecule has 1 N–H and O–H groups in total. The Labute approximate surface area is 201 Å². The summed E-state index contributed by atoms with van der Waals surface area (Å²) in [7, 11) is 0. The summed E-state index contributed by atoms with van der Waals surface area (Å²) in [6, 6.07) is 0. The van der Waals surface area contributed by atoms with E-state index in [1.54, 1.807) is 0 Å². The highest BCUT2D eigenvalue weighted by atomic mass is 16.5.